The molecule has 0 aliphatic heterocycles. The van der Waals surface area contributed by atoms with Gasteiger partial charge in [0, 0.05) is 17.8 Å². The first-order chi connectivity index (χ1) is 8.24. The molecule has 1 aromatic rings. The highest BCUT2D eigenvalue weighted by molar-refractivity contribution is 5.17. The van der Waals surface area contributed by atoms with E-state index in [1.165, 1.54) is 12.1 Å². The van der Waals surface area contributed by atoms with Crippen molar-refractivity contribution in [2.45, 2.75) is 72.3 Å². The number of nitrogens with one attached hydrogen (secondary N) is 1. The second kappa shape index (κ2) is 7.36. The third-order valence-corrected chi connectivity index (χ3v) is 3.15. The number of nitrogens with zero attached hydrogens (tertiary/aromatic N) is 1. The molecule has 3 nitrogen and oxygen atoms in total. The number of H-pyrrole nitrogens is 1. The van der Waals surface area contributed by atoms with Crippen molar-refractivity contribution in [1.82, 2.24) is 9.78 Å². The predicted molar refractivity (Wildman–Crippen MR) is 72.6 cm³/mol. The van der Waals surface area contributed by atoms with Crippen molar-refractivity contribution in [3.63, 3.8) is 0 Å². The minimum Gasteiger partial charge on any atom is -0.299 e. The van der Waals surface area contributed by atoms with E-state index in [-0.39, 0.29) is 5.56 Å². The molecule has 0 unspecified atom stereocenters. The van der Waals surface area contributed by atoms with E-state index >= 15 is 0 Å². The third-order valence-electron chi connectivity index (χ3n) is 3.15. The quantitative estimate of drug-likeness (QED) is 0.741. The summed E-state index contributed by atoms with van der Waals surface area (Å²) >= 11 is 0. The Morgan fingerprint density at radius 3 is 2.29 bits per heavy atom. The lowest BCUT2D eigenvalue weighted by atomic mass is 10.1. The fourth-order valence-electron chi connectivity index (χ4n) is 2.11. The number of hydrogen-bond acceptors (Lipinski definition) is 1. The van der Waals surface area contributed by atoms with Crippen LogP contribution in [-0.4, -0.2) is 9.78 Å². The van der Waals surface area contributed by atoms with Crippen molar-refractivity contribution in [3.8, 4) is 0 Å². The molecule has 0 atom stereocenters. The maximum atomic E-state index is 12.2. The lowest BCUT2D eigenvalue weighted by Crippen LogP contribution is -2.19. The standard InChI is InChI=1S/C14H26N2O/c1-4-7-10-13-12(9-6-3)14(17)16(15-13)11-8-5-2/h15H,4-11H2,1-3H3. The molecule has 1 rings (SSSR count). The van der Waals surface area contributed by atoms with E-state index in [1.807, 2.05) is 0 Å². The van der Waals surface area contributed by atoms with Crippen molar-refractivity contribution in [3.05, 3.63) is 21.6 Å². The zero-order chi connectivity index (χ0) is 12.7. The van der Waals surface area contributed by atoms with Crippen LogP contribution < -0.4 is 5.56 Å². The molecule has 0 bridgehead atoms. The average molecular weight is 238 g/mol. The van der Waals surface area contributed by atoms with Crippen LogP contribution >= 0.6 is 0 Å². The first kappa shape index (κ1) is 14.1. The molecule has 0 aromatic carbocycles. The molecular formula is C14H26N2O. The molecule has 1 N–H and O–H groups in total. The number of rotatable bonds is 8. The van der Waals surface area contributed by atoms with E-state index in [2.05, 4.69) is 25.9 Å². The van der Waals surface area contributed by atoms with Gasteiger partial charge >= 0.3 is 0 Å². The van der Waals surface area contributed by atoms with Crippen LogP contribution in [0.2, 0.25) is 0 Å². The molecular weight excluding hydrogens is 212 g/mol. The normalized spacial score (nSPS) is 11.0. The molecule has 0 aliphatic rings. The van der Waals surface area contributed by atoms with Crippen LogP contribution in [0.4, 0.5) is 0 Å². The summed E-state index contributed by atoms with van der Waals surface area (Å²) in [4.78, 5) is 12.2. The van der Waals surface area contributed by atoms with Gasteiger partial charge in [0.25, 0.3) is 5.56 Å². The third kappa shape index (κ3) is 3.76. The smallest absolute Gasteiger partial charge is 0.269 e. The Morgan fingerprint density at radius 1 is 1.00 bits per heavy atom. The molecule has 1 aromatic heterocycles. The van der Waals surface area contributed by atoms with E-state index in [9.17, 15) is 4.79 Å². The van der Waals surface area contributed by atoms with Gasteiger partial charge in [-0.15, -0.1) is 0 Å². The van der Waals surface area contributed by atoms with Gasteiger partial charge in [-0.3, -0.25) is 14.6 Å². The second-order valence-electron chi connectivity index (χ2n) is 4.73. The molecule has 0 saturated carbocycles. The van der Waals surface area contributed by atoms with Crippen LogP contribution in [-0.2, 0) is 19.4 Å². The topological polar surface area (TPSA) is 37.8 Å². The van der Waals surface area contributed by atoms with Gasteiger partial charge in [0.2, 0.25) is 0 Å². The van der Waals surface area contributed by atoms with E-state index in [0.717, 1.165) is 50.6 Å². The Labute approximate surface area is 104 Å². The first-order valence-electron chi connectivity index (χ1n) is 7.05. The highest BCUT2D eigenvalue weighted by Gasteiger charge is 2.12. The Balaban J connectivity index is 2.89. The molecule has 0 amide bonds. The number of aromatic nitrogens is 2. The van der Waals surface area contributed by atoms with Gasteiger partial charge in [0.15, 0.2) is 0 Å². The molecule has 98 valence electrons. The van der Waals surface area contributed by atoms with Crippen molar-refractivity contribution in [2.24, 2.45) is 0 Å². The summed E-state index contributed by atoms with van der Waals surface area (Å²) in [5.74, 6) is 0. The molecule has 0 fully saturated rings. The van der Waals surface area contributed by atoms with Gasteiger partial charge < -0.3 is 0 Å². The highest BCUT2D eigenvalue weighted by Crippen LogP contribution is 2.09. The highest BCUT2D eigenvalue weighted by atomic mass is 16.1. The van der Waals surface area contributed by atoms with Gasteiger partial charge in [-0.05, 0) is 25.7 Å². The van der Waals surface area contributed by atoms with Crippen molar-refractivity contribution < 1.29 is 0 Å². The van der Waals surface area contributed by atoms with Crippen LogP contribution in [0.5, 0.6) is 0 Å². The predicted octanol–water partition coefficient (Wildman–Crippen LogP) is 3.27. The summed E-state index contributed by atoms with van der Waals surface area (Å²) in [7, 11) is 0. The lowest BCUT2D eigenvalue weighted by molar-refractivity contribution is 0.549. The second-order valence-corrected chi connectivity index (χ2v) is 4.73. The minimum absolute atomic E-state index is 0.214. The summed E-state index contributed by atoms with van der Waals surface area (Å²) in [6.45, 7) is 7.30. The van der Waals surface area contributed by atoms with Gasteiger partial charge in [-0.1, -0.05) is 40.0 Å². The Hall–Kier alpha value is -0.990. The zero-order valence-corrected chi connectivity index (χ0v) is 11.5. The number of hydrogen-bond donors (Lipinski definition) is 1. The summed E-state index contributed by atoms with van der Waals surface area (Å²) in [6.07, 6.45) is 7.49. The van der Waals surface area contributed by atoms with E-state index < -0.39 is 0 Å². The lowest BCUT2D eigenvalue weighted by Gasteiger charge is -2.00. The molecule has 17 heavy (non-hydrogen) atoms. The average Bonchev–Trinajstić information content (AvgIpc) is 2.62. The van der Waals surface area contributed by atoms with Crippen molar-refractivity contribution >= 4 is 0 Å². The maximum Gasteiger partial charge on any atom is 0.269 e. The molecule has 1 heterocycles. The summed E-state index contributed by atoms with van der Waals surface area (Å²) in [5.41, 5.74) is 2.42. The molecule has 0 aliphatic carbocycles. The van der Waals surface area contributed by atoms with E-state index in [0.29, 0.717) is 0 Å². The molecule has 0 radical (unpaired) electrons. The summed E-state index contributed by atoms with van der Waals surface area (Å²) < 4.78 is 1.81. The maximum absolute atomic E-state index is 12.2. The minimum atomic E-state index is 0.214. The molecule has 3 heteroatoms. The summed E-state index contributed by atoms with van der Waals surface area (Å²) in [5, 5.41) is 3.31. The van der Waals surface area contributed by atoms with Gasteiger partial charge in [0.1, 0.15) is 0 Å². The number of aromatic amines is 1. The molecule has 0 saturated heterocycles. The fraction of sp³-hybridized carbons (Fsp3) is 0.786. The van der Waals surface area contributed by atoms with Crippen LogP contribution in [0, 0.1) is 0 Å². The zero-order valence-electron chi connectivity index (χ0n) is 11.5. The largest absolute Gasteiger partial charge is 0.299 e. The monoisotopic (exact) mass is 238 g/mol. The van der Waals surface area contributed by atoms with Gasteiger partial charge in [-0.2, -0.15) is 0 Å². The van der Waals surface area contributed by atoms with E-state index in [1.54, 1.807) is 4.68 Å². The number of unbranched alkanes of at least 4 members (excludes halogenated alkanes) is 2. The van der Waals surface area contributed by atoms with Crippen LogP contribution in [0.3, 0.4) is 0 Å². The van der Waals surface area contributed by atoms with Gasteiger partial charge in [-0.25, -0.2) is 0 Å². The fourth-order valence-corrected chi connectivity index (χ4v) is 2.11. The number of aryl methyl sites for hydroxylation is 2. The Kier molecular flexibility index (Phi) is 6.09. The Bertz CT molecular complexity index is 376. The first-order valence-corrected chi connectivity index (χ1v) is 7.05. The van der Waals surface area contributed by atoms with Crippen molar-refractivity contribution in [1.29, 1.82) is 0 Å². The van der Waals surface area contributed by atoms with Crippen LogP contribution in [0.1, 0.15) is 64.1 Å². The van der Waals surface area contributed by atoms with Crippen LogP contribution in [0.25, 0.3) is 0 Å². The SMILES string of the molecule is CCCCc1[nH]n(CCCC)c(=O)c1CCC. The van der Waals surface area contributed by atoms with E-state index in [4.69, 9.17) is 0 Å². The van der Waals surface area contributed by atoms with Crippen LogP contribution in [0.15, 0.2) is 4.79 Å². The Morgan fingerprint density at radius 2 is 1.71 bits per heavy atom. The summed E-state index contributed by atoms with van der Waals surface area (Å²) in [6, 6.07) is 0. The van der Waals surface area contributed by atoms with Gasteiger partial charge in [0.05, 0.1) is 0 Å². The molecule has 0 spiro atoms. The van der Waals surface area contributed by atoms with Crippen molar-refractivity contribution in [2.75, 3.05) is 0 Å².